The van der Waals surface area contributed by atoms with Crippen LogP contribution in [0.15, 0.2) is 59.9 Å². The molecule has 0 bridgehead atoms. The van der Waals surface area contributed by atoms with Gasteiger partial charge in [0, 0.05) is 11.2 Å². The van der Waals surface area contributed by atoms with E-state index in [0.29, 0.717) is 10.6 Å². The van der Waals surface area contributed by atoms with Gasteiger partial charge in [-0.15, -0.1) is 0 Å². The number of hydrogen-bond acceptors (Lipinski definition) is 5. The van der Waals surface area contributed by atoms with Crippen molar-refractivity contribution < 1.29 is 13.2 Å². The second kappa shape index (κ2) is 6.66. The summed E-state index contributed by atoms with van der Waals surface area (Å²) in [5, 5.41) is 6.85. The maximum Gasteiger partial charge on any atom is 0.283 e. The largest absolute Gasteiger partial charge is 0.318 e. The first-order valence-electron chi connectivity index (χ1n) is 7.17. The van der Waals surface area contributed by atoms with E-state index in [1.54, 1.807) is 25.1 Å². The van der Waals surface area contributed by atoms with Crippen molar-refractivity contribution in [2.24, 2.45) is 0 Å². The van der Waals surface area contributed by atoms with Gasteiger partial charge in [-0.25, -0.2) is 0 Å². The van der Waals surface area contributed by atoms with Crippen molar-refractivity contribution in [2.45, 2.75) is 11.8 Å². The van der Waals surface area contributed by atoms with Gasteiger partial charge < -0.3 is 5.32 Å². The zero-order chi connectivity index (χ0) is 18.0. The third-order valence-electron chi connectivity index (χ3n) is 3.39. The number of carbonyl (C=O) groups excluding carboxylic acids is 1. The Morgan fingerprint density at radius 2 is 2.04 bits per heavy atom. The second-order valence-corrected chi connectivity index (χ2v) is 7.39. The first-order chi connectivity index (χ1) is 11.9. The first kappa shape index (κ1) is 17.1. The average Bonchev–Trinajstić information content (AvgIpc) is 3.07. The number of aromatic nitrogens is 3. The van der Waals surface area contributed by atoms with Crippen molar-refractivity contribution in [1.29, 1.82) is 0 Å². The molecule has 0 aliphatic carbocycles. The lowest BCUT2D eigenvalue weighted by Gasteiger charge is -2.06. The molecule has 0 unspecified atom stereocenters. The molecule has 3 aromatic rings. The minimum atomic E-state index is -3.88. The number of aryl methyl sites for hydroxylation is 1. The van der Waals surface area contributed by atoms with E-state index in [1.807, 2.05) is 0 Å². The molecule has 0 aliphatic rings. The molecule has 1 N–H and O–H groups in total. The third kappa shape index (κ3) is 3.54. The molecule has 2 aromatic heterocycles. The van der Waals surface area contributed by atoms with E-state index >= 15 is 0 Å². The van der Waals surface area contributed by atoms with Gasteiger partial charge in [-0.1, -0.05) is 17.7 Å². The number of anilines is 1. The Morgan fingerprint density at radius 3 is 2.72 bits per heavy atom. The van der Waals surface area contributed by atoms with Crippen LogP contribution in [0, 0.1) is 6.92 Å². The van der Waals surface area contributed by atoms with E-state index in [9.17, 15) is 13.2 Å². The Balaban J connectivity index is 1.85. The predicted octanol–water partition coefficient (Wildman–Crippen LogP) is 2.73. The Labute approximate surface area is 149 Å². The summed E-state index contributed by atoms with van der Waals surface area (Å²) >= 11 is 5.93. The van der Waals surface area contributed by atoms with Crippen LogP contribution in [-0.4, -0.2) is 28.5 Å². The molecule has 9 heteroatoms. The molecule has 1 aromatic carbocycles. The molecule has 3 rings (SSSR count). The number of pyridine rings is 1. The van der Waals surface area contributed by atoms with Gasteiger partial charge in [-0.2, -0.15) is 17.6 Å². The topological polar surface area (TPSA) is 94.0 Å². The molecule has 0 saturated heterocycles. The minimum Gasteiger partial charge on any atom is -0.318 e. The summed E-state index contributed by atoms with van der Waals surface area (Å²) in [6, 6.07) is 9.29. The van der Waals surface area contributed by atoms with Crippen molar-refractivity contribution in [1.82, 2.24) is 14.2 Å². The van der Waals surface area contributed by atoms with E-state index < -0.39 is 15.9 Å². The van der Waals surface area contributed by atoms with E-state index in [0.717, 1.165) is 4.09 Å². The van der Waals surface area contributed by atoms with Crippen molar-refractivity contribution in [2.75, 3.05) is 5.32 Å². The summed E-state index contributed by atoms with van der Waals surface area (Å²) in [4.78, 5) is 16.0. The predicted molar refractivity (Wildman–Crippen MR) is 93.2 cm³/mol. The van der Waals surface area contributed by atoms with E-state index in [1.165, 1.54) is 36.8 Å². The van der Waals surface area contributed by atoms with E-state index in [-0.39, 0.29) is 16.3 Å². The fourth-order valence-electron chi connectivity index (χ4n) is 2.08. The highest BCUT2D eigenvalue weighted by Gasteiger charge is 2.19. The Kier molecular flexibility index (Phi) is 4.56. The molecule has 0 radical (unpaired) electrons. The van der Waals surface area contributed by atoms with Crippen LogP contribution in [-0.2, 0) is 10.0 Å². The van der Waals surface area contributed by atoms with Gasteiger partial charge in [0.15, 0.2) is 0 Å². The van der Waals surface area contributed by atoms with Gasteiger partial charge in [-0.05, 0) is 42.8 Å². The fourth-order valence-corrected chi connectivity index (χ4v) is 3.40. The Bertz CT molecular complexity index is 1030. The molecule has 1 amide bonds. The maximum atomic E-state index is 12.6. The quantitative estimate of drug-likeness (QED) is 0.755. The molecule has 7 nitrogen and oxygen atoms in total. The van der Waals surface area contributed by atoms with Crippen molar-refractivity contribution in [3.8, 4) is 0 Å². The molecule has 0 spiro atoms. The molecule has 128 valence electrons. The van der Waals surface area contributed by atoms with Crippen LogP contribution in [0.4, 0.5) is 5.69 Å². The molecular formula is C16H13ClN4O3S. The zero-order valence-electron chi connectivity index (χ0n) is 13.0. The van der Waals surface area contributed by atoms with Gasteiger partial charge in [0.25, 0.3) is 15.9 Å². The van der Waals surface area contributed by atoms with Crippen molar-refractivity contribution >= 4 is 33.2 Å². The highest BCUT2D eigenvalue weighted by atomic mass is 35.5. The van der Waals surface area contributed by atoms with Crippen LogP contribution in [0.25, 0.3) is 0 Å². The number of carbonyl (C=O) groups is 1. The monoisotopic (exact) mass is 376 g/mol. The van der Waals surface area contributed by atoms with Crippen molar-refractivity contribution in [3.63, 3.8) is 0 Å². The normalized spacial score (nSPS) is 11.3. The summed E-state index contributed by atoms with van der Waals surface area (Å²) in [5.74, 6) is -0.458. The van der Waals surface area contributed by atoms with E-state index in [4.69, 9.17) is 11.6 Å². The number of rotatable bonds is 4. The fraction of sp³-hybridized carbons (Fsp3) is 0.0625. The second-order valence-electron chi connectivity index (χ2n) is 5.19. The van der Waals surface area contributed by atoms with Crippen molar-refractivity contribution in [3.05, 3.63) is 71.3 Å². The number of benzene rings is 1. The Morgan fingerprint density at radius 1 is 1.24 bits per heavy atom. The zero-order valence-corrected chi connectivity index (χ0v) is 14.6. The number of nitrogens with one attached hydrogen (secondary N) is 1. The molecule has 25 heavy (non-hydrogen) atoms. The standard InChI is InChI=1S/C16H13ClN4O3S/c1-11-8-13(5-6-14(11)17)25(23,24)21-10-12(9-19-21)20-16(22)15-4-2-3-7-18-15/h2-10H,1H3,(H,20,22). The molecule has 0 fully saturated rings. The van der Waals surface area contributed by atoms with Gasteiger partial charge in [0.05, 0.1) is 23.0 Å². The van der Waals surface area contributed by atoms with Gasteiger partial charge in [0.1, 0.15) is 5.69 Å². The number of halogens is 1. The smallest absolute Gasteiger partial charge is 0.283 e. The van der Waals surface area contributed by atoms with Gasteiger partial charge in [0.2, 0.25) is 0 Å². The number of nitrogens with zero attached hydrogens (tertiary/aromatic N) is 3. The van der Waals surface area contributed by atoms with Crippen LogP contribution >= 0.6 is 11.6 Å². The molecule has 0 atom stereocenters. The lowest BCUT2D eigenvalue weighted by atomic mass is 10.2. The highest BCUT2D eigenvalue weighted by Crippen LogP contribution is 2.21. The van der Waals surface area contributed by atoms with E-state index in [2.05, 4.69) is 15.4 Å². The van der Waals surface area contributed by atoms with Crippen LogP contribution in [0.3, 0.4) is 0 Å². The van der Waals surface area contributed by atoms with Gasteiger partial charge >= 0.3 is 0 Å². The summed E-state index contributed by atoms with van der Waals surface area (Å²) in [6.07, 6.45) is 3.97. The highest BCUT2D eigenvalue weighted by molar-refractivity contribution is 7.89. The van der Waals surface area contributed by atoms with Crippen LogP contribution < -0.4 is 5.32 Å². The first-order valence-corrected chi connectivity index (χ1v) is 8.98. The molecule has 2 heterocycles. The summed E-state index contributed by atoms with van der Waals surface area (Å²) in [7, 11) is -3.88. The minimum absolute atomic E-state index is 0.0557. The SMILES string of the molecule is Cc1cc(S(=O)(=O)n2cc(NC(=O)c3ccccn3)cn2)ccc1Cl. The molecule has 0 aliphatic heterocycles. The summed E-state index contributed by atoms with van der Waals surface area (Å²) in [6.45, 7) is 1.71. The lowest BCUT2D eigenvalue weighted by molar-refractivity contribution is 0.102. The Hall–Kier alpha value is -2.71. The maximum absolute atomic E-state index is 12.6. The van der Waals surface area contributed by atoms with Gasteiger partial charge in [-0.3, -0.25) is 9.78 Å². The van der Waals surface area contributed by atoms with Crippen LogP contribution in [0.5, 0.6) is 0 Å². The molecular weight excluding hydrogens is 364 g/mol. The number of hydrogen-bond donors (Lipinski definition) is 1. The third-order valence-corrected chi connectivity index (χ3v) is 5.36. The molecule has 0 saturated carbocycles. The summed E-state index contributed by atoms with van der Waals surface area (Å²) < 4.78 is 26.0. The van der Waals surface area contributed by atoms with Crippen LogP contribution in [0.2, 0.25) is 5.02 Å². The van der Waals surface area contributed by atoms with Crippen LogP contribution in [0.1, 0.15) is 16.1 Å². The average molecular weight is 377 g/mol. The number of amides is 1. The lowest BCUT2D eigenvalue weighted by Crippen LogP contribution is -2.14. The summed E-state index contributed by atoms with van der Waals surface area (Å²) in [5.41, 5.74) is 1.09.